The molecule has 1 atom stereocenters. The fourth-order valence-corrected chi connectivity index (χ4v) is 2.51. The van der Waals surface area contributed by atoms with Gasteiger partial charge in [0.2, 0.25) is 0 Å². The van der Waals surface area contributed by atoms with Crippen molar-refractivity contribution in [3.63, 3.8) is 0 Å². The number of halogens is 6. The molecule has 0 radical (unpaired) electrons. The normalized spacial score (nSPS) is 19.7. The highest BCUT2D eigenvalue weighted by molar-refractivity contribution is 6.04. The number of carbonyl (C=O) groups is 1. The fraction of sp³-hybridized carbons (Fsp3) is 0.333. The van der Waals surface area contributed by atoms with Crippen LogP contribution in [0.25, 0.3) is 0 Å². The summed E-state index contributed by atoms with van der Waals surface area (Å²) < 4.78 is 88.8. The Morgan fingerprint density at radius 3 is 2.62 bits per heavy atom. The number of allylic oxidation sites excluding steroid dienone is 1. The number of amidine groups is 1. The number of alkyl halides is 5. The quantitative estimate of drug-likeness (QED) is 0.193. The lowest BCUT2D eigenvalue weighted by molar-refractivity contribution is -0.163. The number of aliphatic imine (C=N–C) groups is 2. The van der Waals surface area contributed by atoms with Crippen LogP contribution in [0.4, 0.5) is 32.2 Å². The number of carbonyl (C=O) groups excluding carboxylic acids is 1. The highest BCUT2D eigenvalue weighted by Gasteiger charge is 2.57. The SMILES string of the molecule is C=C(/C=N\C(C(=O)Nc1ccc(F)c([C@@]2(C)N=C(N)OCC2(F)F)n1)=C(N)N)OCC(F)(F)F. The minimum atomic E-state index is -4.64. The molecule has 0 aliphatic carbocycles. The van der Waals surface area contributed by atoms with E-state index in [2.05, 4.69) is 36.3 Å². The number of hydrogen-bond acceptors (Lipinski definition) is 9. The highest BCUT2D eigenvalue weighted by Crippen LogP contribution is 2.43. The smallest absolute Gasteiger partial charge is 0.422 e. The van der Waals surface area contributed by atoms with Gasteiger partial charge >= 0.3 is 12.1 Å². The zero-order chi connectivity index (χ0) is 25.9. The van der Waals surface area contributed by atoms with Crippen molar-refractivity contribution in [2.24, 2.45) is 27.2 Å². The lowest BCUT2D eigenvalue weighted by Crippen LogP contribution is -2.51. The van der Waals surface area contributed by atoms with Crippen LogP contribution >= 0.6 is 0 Å². The summed E-state index contributed by atoms with van der Waals surface area (Å²) in [5.74, 6) is -7.73. The van der Waals surface area contributed by atoms with Gasteiger partial charge in [0.25, 0.3) is 11.9 Å². The van der Waals surface area contributed by atoms with Crippen molar-refractivity contribution in [3.05, 3.63) is 47.5 Å². The Labute approximate surface area is 188 Å². The highest BCUT2D eigenvalue weighted by atomic mass is 19.4. The molecule has 2 heterocycles. The van der Waals surface area contributed by atoms with Crippen LogP contribution in [0, 0.1) is 5.82 Å². The Kier molecular flexibility index (Phi) is 7.33. The van der Waals surface area contributed by atoms with Crippen LogP contribution in [-0.2, 0) is 19.8 Å². The van der Waals surface area contributed by atoms with Crippen LogP contribution in [0.2, 0.25) is 0 Å². The molecule has 2 rings (SSSR count). The lowest BCUT2D eigenvalue weighted by Gasteiger charge is -2.36. The Morgan fingerprint density at radius 2 is 2.03 bits per heavy atom. The predicted molar refractivity (Wildman–Crippen MR) is 108 cm³/mol. The molecule has 0 bridgehead atoms. The lowest BCUT2D eigenvalue weighted by atomic mass is 9.89. The Hall–Kier alpha value is -3.98. The van der Waals surface area contributed by atoms with E-state index >= 15 is 0 Å². The summed E-state index contributed by atoms with van der Waals surface area (Å²) in [5, 5.41) is 2.11. The summed E-state index contributed by atoms with van der Waals surface area (Å²) in [4.78, 5) is 23.2. The van der Waals surface area contributed by atoms with Gasteiger partial charge in [0.05, 0.1) is 6.21 Å². The molecule has 186 valence electrons. The molecule has 0 spiro atoms. The van der Waals surface area contributed by atoms with E-state index < -0.39 is 77.4 Å². The molecule has 1 aromatic rings. The molecule has 16 heteroatoms. The molecular weight excluding hydrogens is 476 g/mol. The molecule has 0 aromatic carbocycles. The van der Waals surface area contributed by atoms with Crippen LogP contribution in [0.3, 0.4) is 0 Å². The van der Waals surface area contributed by atoms with E-state index in [4.69, 9.17) is 17.2 Å². The average molecular weight is 495 g/mol. The van der Waals surface area contributed by atoms with Gasteiger partial charge in [-0.3, -0.25) is 4.79 Å². The van der Waals surface area contributed by atoms with Gasteiger partial charge in [-0.05, 0) is 19.1 Å². The number of anilines is 1. The number of nitrogens with one attached hydrogen (secondary N) is 1. The summed E-state index contributed by atoms with van der Waals surface area (Å²) >= 11 is 0. The van der Waals surface area contributed by atoms with E-state index in [1.54, 1.807) is 0 Å². The van der Waals surface area contributed by atoms with Crippen molar-refractivity contribution in [2.75, 3.05) is 18.5 Å². The van der Waals surface area contributed by atoms with Crippen molar-refractivity contribution in [1.29, 1.82) is 0 Å². The zero-order valence-electron chi connectivity index (χ0n) is 17.4. The van der Waals surface area contributed by atoms with E-state index in [0.29, 0.717) is 6.21 Å². The molecule has 1 aromatic heterocycles. The van der Waals surface area contributed by atoms with E-state index in [-0.39, 0.29) is 0 Å². The summed E-state index contributed by atoms with van der Waals surface area (Å²) in [6.45, 7) is 1.19. The van der Waals surface area contributed by atoms with Crippen molar-refractivity contribution in [1.82, 2.24) is 4.98 Å². The molecule has 0 saturated heterocycles. The third kappa shape index (κ3) is 6.08. The molecule has 0 unspecified atom stereocenters. The van der Waals surface area contributed by atoms with Gasteiger partial charge in [-0.2, -0.15) is 22.0 Å². The maximum Gasteiger partial charge on any atom is 0.422 e. The minimum absolute atomic E-state index is 0.431. The molecule has 10 nitrogen and oxygen atoms in total. The van der Waals surface area contributed by atoms with Gasteiger partial charge in [-0.25, -0.2) is 19.4 Å². The Balaban J connectivity index is 2.29. The number of pyridine rings is 1. The molecule has 34 heavy (non-hydrogen) atoms. The van der Waals surface area contributed by atoms with Crippen molar-refractivity contribution >= 4 is 24.0 Å². The van der Waals surface area contributed by atoms with Crippen LogP contribution < -0.4 is 22.5 Å². The van der Waals surface area contributed by atoms with Gasteiger partial charge in [-0.15, -0.1) is 0 Å². The van der Waals surface area contributed by atoms with Gasteiger partial charge in [0.1, 0.15) is 28.9 Å². The molecule has 1 aliphatic rings. The predicted octanol–water partition coefficient (Wildman–Crippen LogP) is 1.60. The van der Waals surface area contributed by atoms with Crippen molar-refractivity contribution in [2.45, 2.75) is 24.6 Å². The van der Waals surface area contributed by atoms with Crippen molar-refractivity contribution in [3.8, 4) is 0 Å². The Bertz CT molecular complexity index is 1070. The molecule has 1 amide bonds. The third-order valence-electron chi connectivity index (χ3n) is 4.24. The summed E-state index contributed by atoms with van der Waals surface area (Å²) in [6, 6.07) is 1.06. The second-order valence-corrected chi connectivity index (χ2v) is 6.93. The van der Waals surface area contributed by atoms with E-state index in [1.165, 1.54) is 0 Å². The molecule has 1 aliphatic heterocycles. The van der Waals surface area contributed by atoms with Crippen molar-refractivity contribution < 1.29 is 40.6 Å². The number of amides is 1. The zero-order valence-corrected chi connectivity index (χ0v) is 17.4. The number of nitrogens with zero attached hydrogens (tertiary/aromatic N) is 3. The maximum atomic E-state index is 14.5. The van der Waals surface area contributed by atoms with E-state index in [9.17, 15) is 31.1 Å². The van der Waals surface area contributed by atoms with Crippen LogP contribution in [-0.4, -0.2) is 48.4 Å². The Morgan fingerprint density at radius 1 is 1.38 bits per heavy atom. The van der Waals surface area contributed by atoms with Crippen LogP contribution in [0.5, 0.6) is 0 Å². The molecule has 7 N–H and O–H groups in total. The van der Waals surface area contributed by atoms with E-state index in [1.807, 2.05) is 0 Å². The number of hydrogen-bond donors (Lipinski definition) is 4. The first-order valence-electron chi connectivity index (χ1n) is 9.08. The number of ether oxygens (including phenoxy) is 2. The molecule has 0 fully saturated rings. The first-order chi connectivity index (χ1) is 15.6. The van der Waals surface area contributed by atoms with E-state index in [0.717, 1.165) is 19.1 Å². The van der Waals surface area contributed by atoms with Gasteiger partial charge in [0.15, 0.2) is 24.4 Å². The summed E-state index contributed by atoms with van der Waals surface area (Å²) in [7, 11) is 0. The summed E-state index contributed by atoms with van der Waals surface area (Å²) in [6.07, 6.45) is -4.00. The number of aromatic nitrogens is 1. The monoisotopic (exact) mass is 495 g/mol. The summed E-state index contributed by atoms with van der Waals surface area (Å²) in [5.41, 5.74) is 12.0. The standard InChI is InChI=1S/C18H19F6N7O3/c1-8(33-7-18(22,23)24)5-28-11(13(25)26)14(32)30-10-4-3-9(19)12(29-10)16(2)17(20,21)6-34-15(27)31-16/h3-5H,1,6-7,25-26H2,2H3,(H2,27,31)(H,29,30,32)/b28-5-/t16-/m1/s1. The van der Waals surface area contributed by atoms with Gasteiger partial charge < -0.3 is 32.0 Å². The average Bonchev–Trinajstić information content (AvgIpc) is 2.70. The number of nitrogens with two attached hydrogens (primary N) is 3. The molecular formula is C18H19F6N7O3. The maximum absolute atomic E-state index is 14.5. The minimum Gasteiger partial charge on any atom is -0.483 e. The van der Waals surface area contributed by atoms with Crippen LogP contribution in [0.1, 0.15) is 12.6 Å². The van der Waals surface area contributed by atoms with Gasteiger partial charge in [-0.1, -0.05) is 6.58 Å². The second kappa shape index (κ2) is 9.48. The third-order valence-corrected chi connectivity index (χ3v) is 4.24. The van der Waals surface area contributed by atoms with Crippen LogP contribution in [0.15, 0.2) is 46.0 Å². The number of rotatable bonds is 7. The van der Waals surface area contributed by atoms with Gasteiger partial charge in [0, 0.05) is 0 Å². The largest absolute Gasteiger partial charge is 0.483 e. The fourth-order valence-electron chi connectivity index (χ4n) is 2.51. The first kappa shape index (κ1) is 26.3. The second-order valence-electron chi connectivity index (χ2n) is 6.93. The topological polar surface area (TPSA) is 163 Å². The first-order valence-corrected chi connectivity index (χ1v) is 9.08. The molecule has 0 saturated carbocycles.